The SMILES string of the molecule is C=Cc1ccc(C[N+](C)(CCC)CNC(=O)C(C#N)=C(c2ccccc2)c2ccccc2)cc1. The van der Waals surface area contributed by atoms with Gasteiger partial charge in [0.15, 0.2) is 6.67 Å². The molecule has 0 fully saturated rings. The van der Waals surface area contributed by atoms with Crippen LogP contribution in [-0.2, 0) is 11.3 Å². The highest BCUT2D eigenvalue weighted by atomic mass is 16.1. The van der Waals surface area contributed by atoms with Crippen molar-refractivity contribution in [3.63, 3.8) is 0 Å². The Morgan fingerprint density at radius 1 is 0.971 bits per heavy atom. The minimum Gasteiger partial charge on any atom is -0.305 e. The molecule has 0 saturated heterocycles. The Morgan fingerprint density at radius 2 is 1.53 bits per heavy atom. The van der Waals surface area contributed by atoms with Gasteiger partial charge >= 0.3 is 0 Å². The van der Waals surface area contributed by atoms with E-state index in [4.69, 9.17) is 0 Å². The van der Waals surface area contributed by atoms with Gasteiger partial charge in [0.2, 0.25) is 0 Å². The Hall–Kier alpha value is -3.94. The van der Waals surface area contributed by atoms with E-state index in [9.17, 15) is 10.1 Å². The smallest absolute Gasteiger partial charge is 0.266 e. The summed E-state index contributed by atoms with van der Waals surface area (Å²) in [5, 5.41) is 13.1. The molecule has 1 unspecified atom stereocenters. The fourth-order valence-electron chi connectivity index (χ4n) is 4.19. The Labute approximate surface area is 203 Å². The van der Waals surface area contributed by atoms with Gasteiger partial charge in [0, 0.05) is 11.1 Å². The van der Waals surface area contributed by atoms with Crippen LogP contribution in [0.25, 0.3) is 11.6 Å². The summed E-state index contributed by atoms with van der Waals surface area (Å²) in [7, 11) is 2.14. The van der Waals surface area contributed by atoms with Crippen LogP contribution in [0.15, 0.2) is 97.1 Å². The molecule has 4 heteroatoms. The van der Waals surface area contributed by atoms with Crippen LogP contribution in [-0.4, -0.2) is 30.7 Å². The number of amides is 1. The van der Waals surface area contributed by atoms with Gasteiger partial charge in [0.05, 0.1) is 13.6 Å². The van der Waals surface area contributed by atoms with Crippen molar-refractivity contribution in [1.29, 1.82) is 5.26 Å². The lowest BCUT2D eigenvalue weighted by Gasteiger charge is -2.34. The number of carbonyl (C=O) groups is 1. The molecule has 1 amide bonds. The number of benzene rings is 3. The second-order valence-corrected chi connectivity index (χ2v) is 8.70. The van der Waals surface area contributed by atoms with Gasteiger partial charge in [0.1, 0.15) is 18.2 Å². The van der Waals surface area contributed by atoms with Crippen molar-refractivity contribution in [2.24, 2.45) is 0 Å². The number of rotatable bonds is 10. The first-order chi connectivity index (χ1) is 16.5. The number of nitrogens with one attached hydrogen (secondary N) is 1. The first-order valence-electron chi connectivity index (χ1n) is 11.6. The Kier molecular flexibility index (Phi) is 8.56. The molecule has 0 aromatic heterocycles. The van der Waals surface area contributed by atoms with Gasteiger partial charge in [-0.3, -0.25) is 4.79 Å². The fraction of sp³-hybridized carbons (Fsp3) is 0.200. The monoisotopic (exact) mass is 450 g/mol. The third-order valence-corrected chi connectivity index (χ3v) is 5.88. The molecule has 1 atom stereocenters. The summed E-state index contributed by atoms with van der Waals surface area (Å²) in [5.41, 5.74) is 4.73. The highest BCUT2D eigenvalue weighted by Gasteiger charge is 2.25. The lowest BCUT2D eigenvalue weighted by molar-refractivity contribution is -0.924. The second kappa shape index (κ2) is 11.8. The lowest BCUT2D eigenvalue weighted by atomic mass is 9.93. The average molecular weight is 451 g/mol. The molecule has 0 heterocycles. The van der Waals surface area contributed by atoms with Crippen LogP contribution < -0.4 is 5.32 Å². The molecule has 4 nitrogen and oxygen atoms in total. The quantitative estimate of drug-likeness (QED) is 0.184. The van der Waals surface area contributed by atoms with E-state index >= 15 is 0 Å². The molecule has 0 spiro atoms. The van der Waals surface area contributed by atoms with Gasteiger partial charge in [-0.05, 0) is 23.1 Å². The van der Waals surface area contributed by atoms with Gasteiger partial charge in [0.25, 0.3) is 5.91 Å². The zero-order valence-corrected chi connectivity index (χ0v) is 20.0. The number of carbonyl (C=O) groups excluding carboxylic acids is 1. The maximum atomic E-state index is 13.3. The standard InChI is InChI=1S/C30H31N3O/c1-4-20-33(3,22-25-18-16-24(5-2)17-19-25)23-32-30(34)28(21-31)29(26-12-8-6-9-13-26)27-14-10-7-11-15-27/h5-19H,2,4,20,22-23H2,1,3H3/p+1. The van der Waals surface area contributed by atoms with Crippen LogP contribution in [0.3, 0.4) is 0 Å². The highest BCUT2D eigenvalue weighted by molar-refractivity contribution is 6.07. The predicted octanol–water partition coefficient (Wildman–Crippen LogP) is 5.79. The minimum atomic E-state index is -0.354. The van der Waals surface area contributed by atoms with Gasteiger partial charge < -0.3 is 9.80 Å². The van der Waals surface area contributed by atoms with Crippen LogP contribution in [0.4, 0.5) is 0 Å². The average Bonchev–Trinajstić information content (AvgIpc) is 2.87. The van der Waals surface area contributed by atoms with Gasteiger partial charge in [-0.25, -0.2) is 0 Å². The Bertz CT molecular complexity index is 1130. The highest BCUT2D eigenvalue weighted by Crippen LogP contribution is 2.27. The molecule has 0 saturated carbocycles. The van der Waals surface area contributed by atoms with Crippen molar-refractivity contribution >= 4 is 17.6 Å². The third-order valence-electron chi connectivity index (χ3n) is 5.88. The molecular formula is C30H32N3O+. The van der Waals surface area contributed by atoms with Crippen molar-refractivity contribution in [2.45, 2.75) is 19.9 Å². The number of nitriles is 1. The van der Waals surface area contributed by atoms with E-state index in [-0.39, 0.29) is 11.5 Å². The summed E-state index contributed by atoms with van der Waals surface area (Å²) in [6.45, 7) is 8.07. The molecule has 0 aliphatic heterocycles. The van der Waals surface area contributed by atoms with E-state index in [1.54, 1.807) is 0 Å². The predicted molar refractivity (Wildman–Crippen MR) is 139 cm³/mol. The van der Waals surface area contributed by atoms with E-state index in [2.05, 4.69) is 56.2 Å². The van der Waals surface area contributed by atoms with Crippen molar-refractivity contribution in [3.05, 3.63) is 119 Å². The van der Waals surface area contributed by atoms with E-state index in [0.29, 0.717) is 16.7 Å². The fourth-order valence-corrected chi connectivity index (χ4v) is 4.19. The van der Waals surface area contributed by atoms with Crippen LogP contribution in [0.1, 0.15) is 35.6 Å². The molecule has 0 aliphatic carbocycles. The third kappa shape index (κ3) is 6.31. The molecule has 0 radical (unpaired) electrons. The summed E-state index contributed by atoms with van der Waals surface area (Å²) >= 11 is 0. The molecule has 3 aromatic carbocycles. The normalized spacial score (nSPS) is 12.1. The first kappa shape index (κ1) is 24.7. The van der Waals surface area contributed by atoms with Crippen molar-refractivity contribution in [3.8, 4) is 6.07 Å². The van der Waals surface area contributed by atoms with Crippen LogP contribution >= 0.6 is 0 Å². The lowest BCUT2D eigenvalue weighted by Crippen LogP contribution is -2.51. The topological polar surface area (TPSA) is 52.9 Å². The molecule has 1 N–H and O–H groups in total. The molecule has 0 aliphatic rings. The maximum Gasteiger partial charge on any atom is 0.266 e. The maximum absolute atomic E-state index is 13.3. The first-order valence-corrected chi connectivity index (χ1v) is 11.6. The van der Waals surface area contributed by atoms with Gasteiger partial charge in [-0.2, -0.15) is 5.26 Å². The van der Waals surface area contributed by atoms with Gasteiger partial charge in [-0.1, -0.05) is 105 Å². The number of hydrogen-bond acceptors (Lipinski definition) is 2. The molecule has 34 heavy (non-hydrogen) atoms. The van der Waals surface area contributed by atoms with Crippen molar-refractivity contribution < 1.29 is 9.28 Å². The molecule has 3 aromatic rings. The minimum absolute atomic E-state index is 0.121. The van der Waals surface area contributed by atoms with Crippen molar-refractivity contribution in [1.82, 2.24) is 5.32 Å². The number of nitrogens with zero attached hydrogens (tertiary/aromatic N) is 2. The zero-order valence-electron chi connectivity index (χ0n) is 20.0. The van der Waals surface area contributed by atoms with E-state index < -0.39 is 0 Å². The summed E-state index contributed by atoms with van der Waals surface area (Å²) in [6.07, 6.45) is 2.81. The number of hydrogen-bond donors (Lipinski definition) is 1. The Balaban J connectivity index is 1.88. The summed E-state index contributed by atoms with van der Waals surface area (Å²) in [6, 6.07) is 29.7. The number of quaternary nitrogens is 1. The van der Waals surface area contributed by atoms with Crippen molar-refractivity contribution in [2.75, 3.05) is 20.3 Å². The van der Waals surface area contributed by atoms with E-state index in [1.165, 1.54) is 5.56 Å². The van der Waals surface area contributed by atoms with Crippen LogP contribution in [0.2, 0.25) is 0 Å². The second-order valence-electron chi connectivity index (χ2n) is 8.70. The van der Waals surface area contributed by atoms with Gasteiger partial charge in [-0.15, -0.1) is 0 Å². The van der Waals surface area contributed by atoms with E-state index in [0.717, 1.165) is 36.2 Å². The Morgan fingerprint density at radius 3 is 2.00 bits per heavy atom. The summed E-state index contributed by atoms with van der Waals surface area (Å²) < 4.78 is 0.639. The summed E-state index contributed by atoms with van der Waals surface area (Å²) in [4.78, 5) is 13.3. The molecule has 172 valence electrons. The summed E-state index contributed by atoms with van der Waals surface area (Å²) in [5.74, 6) is -0.354. The molecule has 0 bridgehead atoms. The van der Waals surface area contributed by atoms with Crippen LogP contribution in [0, 0.1) is 11.3 Å². The molecule has 3 rings (SSSR count). The van der Waals surface area contributed by atoms with E-state index in [1.807, 2.05) is 66.7 Å². The zero-order chi connectivity index (χ0) is 24.4. The van der Waals surface area contributed by atoms with Crippen LogP contribution in [0.5, 0.6) is 0 Å². The molecular weight excluding hydrogens is 418 g/mol. The largest absolute Gasteiger partial charge is 0.305 e.